The first kappa shape index (κ1) is 14.4. The van der Waals surface area contributed by atoms with Crippen LogP contribution in [0.4, 0.5) is 13.2 Å². The standard InChI is InChI=1S/C15H12F3N3O/c1-8-5-9(2)14(22)13(6-8)21-19-11-4-3-10(15(16,17)18)7-12(11)20-21/h3-7,22H,1-2H3. The molecule has 0 amide bonds. The molecule has 3 aromatic rings. The highest BCUT2D eigenvalue weighted by Crippen LogP contribution is 2.31. The lowest BCUT2D eigenvalue weighted by Gasteiger charge is -2.07. The molecule has 0 bridgehead atoms. The maximum Gasteiger partial charge on any atom is 0.416 e. The molecule has 0 saturated carbocycles. The van der Waals surface area contributed by atoms with Gasteiger partial charge in [-0.25, -0.2) is 0 Å². The third-order valence-electron chi connectivity index (χ3n) is 3.35. The molecule has 1 heterocycles. The van der Waals surface area contributed by atoms with Gasteiger partial charge in [0.2, 0.25) is 0 Å². The predicted octanol–water partition coefficient (Wildman–Crippen LogP) is 3.76. The van der Waals surface area contributed by atoms with Crippen molar-refractivity contribution in [3.8, 4) is 11.4 Å². The summed E-state index contributed by atoms with van der Waals surface area (Å²) >= 11 is 0. The van der Waals surface area contributed by atoms with Crippen LogP contribution in [0.2, 0.25) is 0 Å². The van der Waals surface area contributed by atoms with Crippen molar-refractivity contribution in [2.24, 2.45) is 0 Å². The molecule has 1 aromatic heterocycles. The van der Waals surface area contributed by atoms with Crippen molar-refractivity contribution in [1.82, 2.24) is 15.0 Å². The number of benzene rings is 2. The van der Waals surface area contributed by atoms with Gasteiger partial charge >= 0.3 is 6.18 Å². The third kappa shape index (κ3) is 2.38. The maximum atomic E-state index is 12.7. The quantitative estimate of drug-likeness (QED) is 0.744. The fourth-order valence-electron chi connectivity index (χ4n) is 2.29. The summed E-state index contributed by atoms with van der Waals surface area (Å²) in [7, 11) is 0. The predicted molar refractivity (Wildman–Crippen MR) is 75.0 cm³/mol. The minimum Gasteiger partial charge on any atom is -0.505 e. The van der Waals surface area contributed by atoms with Gasteiger partial charge in [-0.05, 0) is 49.2 Å². The van der Waals surface area contributed by atoms with Crippen molar-refractivity contribution in [1.29, 1.82) is 0 Å². The lowest BCUT2D eigenvalue weighted by atomic mass is 10.1. The first-order valence-electron chi connectivity index (χ1n) is 6.50. The van der Waals surface area contributed by atoms with Crippen LogP contribution in [-0.4, -0.2) is 20.1 Å². The molecule has 22 heavy (non-hydrogen) atoms. The summed E-state index contributed by atoms with van der Waals surface area (Å²) in [6, 6.07) is 6.64. The van der Waals surface area contributed by atoms with Gasteiger partial charge in [-0.1, -0.05) is 6.07 Å². The van der Waals surface area contributed by atoms with E-state index in [1.165, 1.54) is 6.07 Å². The van der Waals surface area contributed by atoms with E-state index in [1.807, 2.05) is 6.92 Å². The highest BCUT2D eigenvalue weighted by Gasteiger charge is 2.31. The Bertz CT molecular complexity index is 868. The second-order valence-corrected chi connectivity index (χ2v) is 5.14. The van der Waals surface area contributed by atoms with E-state index in [9.17, 15) is 18.3 Å². The van der Waals surface area contributed by atoms with E-state index in [1.54, 1.807) is 19.1 Å². The Labute approximate surface area is 123 Å². The van der Waals surface area contributed by atoms with Gasteiger partial charge in [0, 0.05) is 0 Å². The molecule has 0 radical (unpaired) electrons. The number of aromatic nitrogens is 3. The number of alkyl halides is 3. The minimum absolute atomic E-state index is 0.00181. The van der Waals surface area contributed by atoms with E-state index in [4.69, 9.17) is 0 Å². The summed E-state index contributed by atoms with van der Waals surface area (Å²) in [4.78, 5) is 1.15. The van der Waals surface area contributed by atoms with Crippen molar-refractivity contribution < 1.29 is 18.3 Å². The van der Waals surface area contributed by atoms with E-state index in [0.717, 1.165) is 22.5 Å². The Kier molecular flexibility index (Phi) is 3.09. The molecule has 0 spiro atoms. The number of aryl methyl sites for hydroxylation is 2. The van der Waals surface area contributed by atoms with Gasteiger partial charge in [0.1, 0.15) is 22.5 Å². The molecule has 0 unspecified atom stereocenters. The molecule has 0 aliphatic rings. The van der Waals surface area contributed by atoms with E-state index in [2.05, 4.69) is 10.2 Å². The summed E-state index contributed by atoms with van der Waals surface area (Å²) in [6.07, 6.45) is -4.43. The molecule has 0 fully saturated rings. The molecule has 0 atom stereocenters. The van der Waals surface area contributed by atoms with Crippen LogP contribution in [0, 0.1) is 13.8 Å². The summed E-state index contributed by atoms with van der Waals surface area (Å²) in [6.45, 7) is 3.58. The second kappa shape index (κ2) is 4.72. The van der Waals surface area contributed by atoms with E-state index < -0.39 is 11.7 Å². The highest BCUT2D eigenvalue weighted by molar-refractivity contribution is 5.75. The van der Waals surface area contributed by atoms with Crippen molar-refractivity contribution >= 4 is 11.0 Å². The number of hydrogen-bond donors (Lipinski definition) is 1. The minimum atomic E-state index is -4.43. The van der Waals surface area contributed by atoms with Crippen LogP contribution >= 0.6 is 0 Å². The van der Waals surface area contributed by atoms with Crippen molar-refractivity contribution in [3.63, 3.8) is 0 Å². The van der Waals surface area contributed by atoms with Crippen molar-refractivity contribution in [2.75, 3.05) is 0 Å². The van der Waals surface area contributed by atoms with Gasteiger partial charge in [-0.15, -0.1) is 15.0 Å². The molecule has 7 heteroatoms. The van der Waals surface area contributed by atoms with E-state index in [0.29, 0.717) is 16.8 Å². The summed E-state index contributed by atoms with van der Waals surface area (Å²) < 4.78 is 38.2. The lowest BCUT2D eigenvalue weighted by Crippen LogP contribution is -2.04. The highest BCUT2D eigenvalue weighted by atomic mass is 19.4. The number of aromatic hydroxyl groups is 1. The fraction of sp³-hybridized carbons (Fsp3) is 0.200. The largest absolute Gasteiger partial charge is 0.505 e. The van der Waals surface area contributed by atoms with Gasteiger partial charge in [0.25, 0.3) is 0 Å². The Morgan fingerprint density at radius 2 is 1.68 bits per heavy atom. The van der Waals surface area contributed by atoms with Crippen LogP contribution in [0.5, 0.6) is 5.75 Å². The summed E-state index contributed by atoms with van der Waals surface area (Å²) in [5, 5.41) is 18.3. The molecule has 114 valence electrons. The van der Waals surface area contributed by atoms with Gasteiger partial charge in [0.05, 0.1) is 5.56 Å². The number of phenolic OH excluding ortho intramolecular Hbond substituents is 1. The number of nitrogens with zero attached hydrogens (tertiary/aromatic N) is 3. The molecule has 1 N–H and O–H groups in total. The Morgan fingerprint density at radius 1 is 1.00 bits per heavy atom. The van der Waals surface area contributed by atoms with E-state index in [-0.39, 0.29) is 11.3 Å². The summed E-state index contributed by atoms with van der Waals surface area (Å²) in [5.74, 6) is 0.00181. The molecule has 2 aromatic carbocycles. The van der Waals surface area contributed by atoms with Crippen molar-refractivity contribution in [3.05, 3.63) is 47.0 Å². The number of fused-ring (bicyclic) bond motifs is 1. The van der Waals surface area contributed by atoms with Crippen LogP contribution in [0.25, 0.3) is 16.7 Å². The number of rotatable bonds is 1. The van der Waals surface area contributed by atoms with Gasteiger partial charge < -0.3 is 5.11 Å². The van der Waals surface area contributed by atoms with Gasteiger partial charge in [-0.3, -0.25) is 0 Å². The average Bonchev–Trinajstić information content (AvgIpc) is 2.84. The molecular formula is C15H12F3N3O. The first-order valence-corrected chi connectivity index (χ1v) is 6.50. The smallest absolute Gasteiger partial charge is 0.416 e. The Morgan fingerprint density at radius 3 is 2.36 bits per heavy atom. The zero-order valence-corrected chi connectivity index (χ0v) is 11.8. The molecule has 0 aliphatic heterocycles. The molecule has 3 rings (SSSR count). The zero-order valence-electron chi connectivity index (χ0n) is 11.8. The van der Waals surface area contributed by atoms with Crippen molar-refractivity contribution in [2.45, 2.75) is 20.0 Å². The molecule has 0 saturated heterocycles. The van der Waals surface area contributed by atoms with Gasteiger partial charge in [-0.2, -0.15) is 13.2 Å². The SMILES string of the molecule is Cc1cc(C)c(O)c(-n2nc3ccc(C(F)(F)F)cc3n2)c1. The van der Waals surface area contributed by atoms with Crippen LogP contribution in [0.1, 0.15) is 16.7 Å². The Balaban J connectivity index is 2.17. The van der Waals surface area contributed by atoms with Crippen LogP contribution in [-0.2, 0) is 6.18 Å². The van der Waals surface area contributed by atoms with Crippen LogP contribution < -0.4 is 0 Å². The fourth-order valence-corrected chi connectivity index (χ4v) is 2.29. The number of hydrogen-bond acceptors (Lipinski definition) is 3. The topological polar surface area (TPSA) is 50.9 Å². The third-order valence-corrected chi connectivity index (χ3v) is 3.35. The average molecular weight is 307 g/mol. The second-order valence-electron chi connectivity index (χ2n) is 5.14. The number of phenols is 1. The van der Waals surface area contributed by atoms with E-state index >= 15 is 0 Å². The monoisotopic (exact) mass is 307 g/mol. The first-order chi connectivity index (χ1) is 10.3. The maximum absolute atomic E-state index is 12.7. The zero-order chi connectivity index (χ0) is 16.1. The van der Waals surface area contributed by atoms with Gasteiger partial charge in [0.15, 0.2) is 0 Å². The number of halogens is 3. The normalized spacial score (nSPS) is 12.0. The van der Waals surface area contributed by atoms with Crippen LogP contribution in [0.15, 0.2) is 30.3 Å². The molecule has 4 nitrogen and oxygen atoms in total. The molecular weight excluding hydrogens is 295 g/mol. The van der Waals surface area contributed by atoms with Crippen LogP contribution in [0.3, 0.4) is 0 Å². The Hall–Kier alpha value is -2.57. The molecule has 0 aliphatic carbocycles. The summed E-state index contributed by atoms with van der Waals surface area (Å²) in [5.41, 5.74) is 1.54. The lowest BCUT2D eigenvalue weighted by molar-refractivity contribution is -0.137.